The lowest BCUT2D eigenvalue weighted by Gasteiger charge is -2.08. The summed E-state index contributed by atoms with van der Waals surface area (Å²) < 4.78 is 12.0. The van der Waals surface area contributed by atoms with Gasteiger partial charge in [-0.1, -0.05) is 0 Å². The van der Waals surface area contributed by atoms with E-state index >= 15 is 0 Å². The normalized spacial score (nSPS) is 30.4. The molecule has 0 saturated carbocycles. The highest BCUT2D eigenvalue weighted by molar-refractivity contribution is 5.73. The molecular formula is C7H13FN2O. The minimum Gasteiger partial charge on any atom is -0.352 e. The summed E-state index contributed by atoms with van der Waals surface area (Å²) in [5.41, 5.74) is 0. The first kappa shape index (κ1) is 8.46. The fourth-order valence-corrected chi connectivity index (χ4v) is 1.33. The van der Waals surface area contributed by atoms with Gasteiger partial charge in [0.05, 0.1) is 0 Å². The van der Waals surface area contributed by atoms with E-state index in [1.165, 1.54) is 6.92 Å². The highest BCUT2D eigenvalue weighted by Crippen LogP contribution is 2.06. The van der Waals surface area contributed by atoms with Crippen molar-refractivity contribution in [3.8, 4) is 0 Å². The Hall–Kier alpha value is -0.640. The molecule has 0 spiro atoms. The van der Waals surface area contributed by atoms with E-state index in [-0.39, 0.29) is 24.7 Å². The van der Waals surface area contributed by atoms with Gasteiger partial charge in [-0.25, -0.2) is 4.39 Å². The van der Waals surface area contributed by atoms with Gasteiger partial charge < -0.3 is 10.6 Å². The van der Waals surface area contributed by atoms with Gasteiger partial charge >= 0.3 is 0 Å². The number of amides is 1. The lowest BCUT2D eigenvalue weighted by molar-refractivity contribution is -0.119. The van der Waals surface area contributed by atoms with E-state index in [0.717, 1.165) is 0 Å². The maximum absolute atomic E-state index is 12.0. The second-order valence-corrected chi connectivity index (χ2v) is 2.89. The minimum absolute atomic E-state index is 0.0451. The Balaban J connectivity index is 2.24. The van der Waals surface area contributed by atoms with Crippen molar-refractivity contribution in [1.29, 1.82) is 0 Å². The molecule has 1 aliphatic rings. The van der Waals surface area contributed by atoms with E-state index in [9.17, 15) is 9.18 Å². The zero-order valence-electron chi connectivity index (χ0n) is 6.56. The number of hydrogen-bond donors (Lipinski definition) is 2. The number of nitrogens with one attached hydrogen (secondary N) is 2. The molecule has 11 heavy (non-hydrogen) atoms. The minimum atomic E-state index is -0.351. The molecule has 0 aromatic rings. The summed E-state index contributed by atoms with van der Waals surface area (Å²) in [5, 5.41) is 5.71. The van der Waals surface area contributed by atoms with Crippen molar-refractivity contribution in [1.82, 2.24) is 10.6 Å². The summed E-state index contributed by atoms with van der Waals surface area (Å²) in [6.07, 6.45) is 0.704. The molecule has 0 unspecified atom stereocenters. The van der Waals surface area contributed by atoms with Gasteiger partial charge in [0.25, 0.3) is 0 Å². The van der Waals surface area contributed by atoms with Crippen LogP contribution < -0.4 is 10.6 Å². The van der Waals surface area contributed by atoms with Crippen LogP contribution in [0.4, 0.5) is 4.39 Å². The molecule has 0 radical (unpaired) electrons. The molecule has 2 N–H and O–H groups in total. The number of rotatable bonds is 2. The largest absolute Gasteiger partial charge is 0.352 e. The standard InChI is InChI=1S/C7H13FN2O/c1-5(11)10-7-2-6(3-8)9-4-7/h6-7,9H,2-4H2,1H3,(H,10,11)/t6-,7+/m1/s1. The lowest BCUT2D eigenvalue weighted by Crippen LogP contribution is -2.34. The number of hydrogen-bond acceptors (Lipinski definition) is 2. The highest BCUT2D eigenvalue weighted by Gasteiger charge is 2.23. The predicted octanol–water partition coefficient (Wildman–Crippen LogP) is -0.178. The van der Waals surface area contributed by atoms with Gasteiger partial charge in [0, 0.05) is 25.6 Å². The highest BCUT2D eigenvalue weighted by atomic mass is 19.1. The van der Waals surface area contributed by atoms with Crippen LogP contribution in [0.5, 0.6) is 0 Å². The van der Waals surface area contributed by atoms with Crippen LogP contribution in [0, 0.1) is 0 Å². The van der Waals surface area contributed by atoms with E-state index in [4.69, 9.17) is 0 Å². The van der Waals surface area contributed by atoms with Gasteiger partial charge in [0.15, 0.2) is 0 Å². The summed E-state index contributed by atoms with van der Waals surface area (Å²) in [6, 6.07) is 0.0556. The second kappa shape index (κ2) is 3.67. The molecule has 0 aliphatic carbocycles. The Bertz CT molecular complexity index is 151. The first-order valence-electron chi connectivity index (χ1n) is 3.79. The SMILES string of the molecule is CC(=O)N[C@@H]1CN[C@@H](CF)C1. The van der Waals surface area contributed by atoms with Crippen LogP contribution in [0.3, 0.4) is 0 Å². The van der Waals surface area contributed by atoms with Crippen molar-refractivity contribution in [2.75, 3.05) is 13.2 Å². The second-order valence-electron chi connectivity index (χ2n) is 2.89. The van der Waals surface area contributed by atoms with Crippen LogP contribution >= 0.6 is 0 Å². The molecular weight excluding hydrogens is 147 g/mol. The Labute approximate surface area is 65.3 Å². The van der Waals surface area contributed by atoms with E-state index in [1.54, 1.807) is 0 Å². The van der Waals surface area contributed by atoms with E-state index < -0.39 is 0 Å². The summed E-state index contributed by atoms with van der Waals surface area (Å²) in [4.78, 5) is 10.6. The topological polar surface area (TPSA) is 41.1 Å². The first-order valence-corrected chi connectivity index (χ1v) is 3.79. The number of carbonyl (C=O) groups is 1. The van der Waals surface area contributed by atoms with Crippen LogP contribution in [0.25, 0.3) is 0 Å². The third-order valence-electron chi connectivity index (χ3n) is 1.82. The first-order chi connectivity index (χ1) is 5.22. The van der Waals surface area contributed by atoms with Crippen molar-refractivity contribution in [2.45, 2.75) is 25.4 Å². The van der Waals surface area contributed by atoms with E-state index in [1.807, 2.05) is 0 Å². The van der Waals surface area contributed by atoms with Crippen molar-refractivity contribution >= 4 is 5.91 Å². The fraction of sp³-hybridized carbons (Fsp3) is 0.857. The quantitative estimate of drug-likeness (QED) is 0.588. The molecule has 1 aliphatic heterocycles. The summed E-state index contributed by atoms with van der Waals surface area (Å²) in [5.74, 6) is -0.0451. The van der Waals surface area contributed by atoms with Crippen LogP contribution in [0.1, 0.15) is 13.3 Å². The van der Waals surface area contributed by atoms with Crippen molar-refractivity contribution in [3.05, 3.63) is 0 Å². The number of halogens is 1. The summed E-state index contributed by atoms with van der Waals surface area (Å²) in [7, 11) is 0. The monoisotopic (exact) mass is 160 g/mol. The molecule has 1 saturated heterocycles. The summed E-state index contributed by atoms with van der Waals surface area (Å²) in [6.45, 7) is 1.81. The zero-order chi connectivity index (χ0) is 8.27. The molecule has 2 atom stereocenters. The molecule has 4 heteroatoms. The van der Waals surface area contributed by atoms with Gasteiger partial charge in [-0.3, -0.25) is 4.79 Å². The maximum Gasteiger partial charge on any atom is 0.217 e. The molecule has 0 aromatic heterocycles. The Morgan fingerprint density at radius 1 is 1.82 bits per heavy atom. The zero-order valence-corrected chi connectivity index (χ0v) is 6.56. The molecule has 1 heterocycles. The fourth-order valence-electron chi connectivity index (χ4n) is 1.33. The Morgan fingerprint density at radius 2 is 2.55 bits per heavy atom. The van der Waals surface area contributed by atoms with Crippen LogP contribution in [-0.2, 0) is 4.79 Å². The van der Waals surface area contributed by atoms with E-state index in [2.05, 4.69) is 10.6 Å². The average molecular weight is 160 g/mol. The van der Waals surface area contributed by atoms with Gasteiger partial charge in [-0.05, 0) is 6.42 Å². The Morgan fingerprint density at radius 3 is 3.00 bits per heavy atom. The number of carbonyl (C=O) groups excluding carboxylic acids is 1. The molecule has 1 amide bonds. The average Bonchev–Trinajstić information content (AvgIpc) is 2.34. The van der Waals surface area contributed by atoms with Crippen molar-refractivity contribution < 1.29 is 9.18 Å². The number of alkyl halides is 1. The van der Waals surface area contributed by atoms with Crippen LogP contribution in [0.2, 0.25) is 0 Å². The maximum atomic E-state index is 12.0. The molecule has 1 fully saturated rings. The van der Waals surface area contributed by atoms with Gasteiger partial charge in [0.1, 0.15) is 6.67 Å². The van der Waals surface area contributed by atoms with Gasteiger partial charge in [0.2, 0.25) is 5.91 Å². The predicted molar refractivity (Wildman–Crippen MR) is 40.0 cm³/mol. The van der Waals surface area contributed by atoms with Crippen LogP contribution in [-0.4, -0.2) is 31.2 Å². The third kappa shape index (κ3) is 2.46. The van der Waals surface area contributed by atoms with E-state index in [0.29, 0.717) is 13.0 Å². The molecule has 1 rings (SSSR count). The van der Waals surface area contributed by atoms with Gasteiger partial charge in [-0.15, -0.1) is 0 Å². The lowest BCUT2D eigenvalue weighted by atomic mass is 10.2. The molecule has 0 bridgehead atoms. The summed E-state index contributed by atoms with van der Waals surface area (Å²) >= 11 is 0. The third-order valence-corrected chi connectivity index (χ3v) is 1.82. The molecule has 0 aromatic carbocycles. The van der Waals surface area contributed by atoms with Crippen molar-refractivity contribution in [3.63, 3.8) is 0 Å². The van der Waals surface area contributed by atoms with Crippen molar-refractivity contribution in [2.24, 2.45) is 0 Å². The molecule has 3 nitrogen and oxygen atoms in total. The van der Waals surface area contributed by atoms with Crippen LogP contribution in [0.15, 0.2) is 0 Å². The Kier molecular flexibility index (Phi) is 2.82. The molecule has 64 valence electrons. The van der Waals surface area contributed by atoms with Gasteiger partial charge in [-0.2, -0.15) is 0 Å². The smallest absolute Gasteiger partial charge is 0.217 e.